The zero-order valence-corrected chi connectivity index (χ0v) is 17.6. The molecule has 5 rings (SSSR count). The highest BCUT2D eigenvalue weighted by Crippen LogP contribution is 2.53. The zero-order valence-electron chi connectivity index (χ0n) is 15.2. The number of carbonyl (C=O) groups excluding carboxylic acids is 2. The second kappa shape index (κ2) is 6.53. The van der Waals surface area contributed by atoms with Crippen LogP contribution in [0, 0.1) is 23.7 Å². The van der Waals surface area contributed by atoms with E-state index in [0.717, 1.165) is 10.9 Å². The Hall–Kier alpha value is -2.45. The van der Waals surface area contributed by atoms with E-state index in [2.05, 4.69) is 20.7 Å². The molecule has 4 atom stereocenters. The highest BCUT2D eigenvalue weighted by molar-refractivity contribution is 9.10. The number of carbonyl (C=O) groups is 2. The van der Waals surface area contributed by atoms with Crippen LogP contribution in [0.2, 0.25) is 0 Å². The molecular weight excluding hydrogens is 456 g/mol. The molecule has 2 aliphatic carbocycles. The third-order valence-electron chi connectivity index (χ3n) is 5.97. The van der Waals surface area contributed by atoms with Crippen molar-refractivity contribution in [2.24, 2.45) is 23.7 Å². The fourth-order valence-corrected chi connectivity index (χ4v) is 5.99. The van der Waals surface area contributed by atoms with E-state index in [-0.39, 0.29) is 40.4 Å². The molecule has 148 valence electrons. The van der Waals surface area contributed by atoms with Gasteiger partial charge in [0.1, 0.15) is 0 Å². The molecule has 0 radical (unpaired) electrons. The Morgan fingerprint density at radius 2 is 1.41 bits per heavy atom. The molecule has 3 aliphatic rings. The van der Waals surface area contributed by atoms with Gasteiger partial charge in [0.25, 0.3) is 10.0 Å². The van der Waals surface area contributed by atoms with E-state index in [9.17, 15) is 18.0 Å². The average molecular weight is 473 g/mol. The Morgan fingerprint density at radius 3 is 1.97 bits per heavy atom. The van der Waals surface area contributed by atoms with Crippen molar-refractivity contribution in [1.82, 2.24) is 0 Å². The third-order valence-corrected chi connectivity index (χ3v) is 7.90. The maximum Gasteiger partial charge on any atom is 0.261 e. The summed E-state index contributed by atoms with van der Waals surface area (Å²) in [5.74, 6) is -0.636. The number of imide groups is 1. The van der Waals surface area contributed by atoms with Gasteiger partial charge in [-0.15, -0.1) is 0 Å². The van der Waals surface area contributed by atoms with Crippen LogP contribution >= 0.6 is 15.9 Å². The quantitative estimate of drug-likeness (QED) is 0.544. The van der Waals surface area contributed by atoms with E-state index in [1.165, 1.54) is 29.2 Å². The minimum Gasteiger partial charge on any atom is -0.280 e. The lowest BCUT2D eigenvalue weighted by molar-refractivity contribution is -0.123. The number of amides is 2. The number of halogens is 1. The number of hydrogen-bond acceptors (Lipinski definition) is 4. The molecule has 6 nitrogen and oxygen atoms in total. The van der Waals surface area contributed by atoms with E-state index in [1.54, 1.807) is 24.3 Å². The molecule has 1 saturated carbocycles. The maximum atomic E-state index is 12.9. The van der Waals surface area contributed by atoms with E-state index in [0.29, 0.717) is 11.4 Å². The number of fused-ring (bicyclic) bond motifs is 5. The molecule has 1 heterocycles. The first kappa shape index (κ1) is 18.6. The van der Waals surface area contributed by atoms with Crippen molar-refractivity contribution < 1.29 is 18.0 Å². The first-order chi connectivity index (χ1) is 13.8. The molecule has 0 aromatic heterocycles. The number of rotatable bonds is 4. The van der Waals surface area contributed by atoms with Crippen LogP contribution in [0.25, 0.3) is 0 Å². The Labute approximate surface area is 176 Å². The average Bonchev–Trinajstić information content (AvgIpc) is 3.37. The first-order valence-electron chi connectivity index (χ1n) is 9.30. The second-order valence-corrected chi connectivity index (χ2v) is 10.2. The summed E-state index contributed by atoms with van der Waals surface area (Å²) in [6.07, 6.45) is 4.97. The van der Waals surface area contributed by atoms with Gasteiger partial charge in [-0.2, -0.15) is 0 Å². The minimum absolute atomic E-state index is 0.0604. The number of hydrogen-bond donors (Lipinski definition) is 1. The number of nitrogens with one attached hydrogen (secondary N) is 1. The van der Waals surface area contributed by atoms with E-state index < -0.39 is 10.0 Å². The largest absolute Gasteiger partial charge is 0.280 e. The lowest BCUT2D eigenvalue weighted by Gasteiger charge is -2.17. The van der Waals surface area contributed by atoms with Crippen molar-refractivity contribution >= 4 is 49.1 Å². The van der Waals surface area contributed by atoms with Crippen LogP contribution in [-0.4, -0.2) is 20.2 Å². The molecular formula is C21H17BrN2O4S. The highest BCUT2D eigenvalue weighted by atomic mass is 79.9. The monoisotopic (exact) mass is 472 g/mol. The Morgan fingerprint density at radius 1 is 0.862 bits per heavy atom. The summed E-state index contributed by atoms with van der Waals surface area (Å²) in [5, 5.41) is 0. The first-order valence-corrected chi connectivity index (χ1v) is 11.6. The van der Waals surface area contributed by atoms with Crippen LogP contribution in [0.1, 0.15) is 6.42 Å². The normalized spacial score (nSPS) is 27.6. The highest BCUT2D eigenvalue weighted by Gasteiger charge is 2.59. The standard InChI is InChI=1S/C21H17BrN2O4S/c22-14-3-5-15(6-4-14)23-29(27,28)17-9-7-16(8-10-17)24-20(25)18-12-1-2-13(11-12)19(18)21(24)26/h1-10,12-13,18-19,23H,11H2/t12-,13+,18-,19+. The summed E-state index contributed by atoms with van der Waals surface area (Å²) in [6, 6.07) is 12.6. The van der Waals surface area contributed by atoms with Gasteiger partial charge in [0.2, 0.25) is 11.8 Å². The molecule has 2 bridgehead atoms. The van der Waals surface area contributed by atoms with Gasteiger partial charge in [-0.25, -0.2) is 8.42 Å². The van der Waals surface area contributed by atoms with Gasteiger partial charge in [-0.1, -0.05) is 28.1 Å². The van der Waals surface area contributed by atoms with Crippen LogP contribution in [0.3, 0.4) is 0 Å². The smallest absolute Gasteiger partial charge is 0.261 e. The van der Waals surface area contributed by atoms with E-state index >= 15 is 0 Å². The molecule has 1 aliphatic heterocycles. The molecule has 29 heavy (non-hydrogen) atoms. The van der Waals surface area contributed by atoms with Crippen molar-refractivity contribution in [2.45, 2.75) is 11.3 Å². The van der Waals surface area contributed by atoms with Gasteiger partial charge < -0.3 is 0 Å². The van der Waals surface area contributed by atoms with Crippen LogP contribution in [0.5, 0.6) is 0 Å². The van der Waals surface area contributed by atoms with Crippen LogP contribution < -0.4 is 9.62 Å². The number of benzene rings is 2. The van der Waals surface area contributed by atoms with E-state index in [4.69, 9.17) is 0 Å². The molecule has 0 spiro atoms. The van der Waals surface area contributed by atoms with Gasteiger partial charge in [0, 0.05) is 10.2 Å². The number of anilines is 2. The minimum atomic E-state index is -3.78. The van der Waals surface area contributed by atoms with Crippen molar-refractivity contribution in [3.8, 4) is 0 Å². The SMILES string of the molecule is O=C1[C@@H]2[C@H](C(=O)N1c1ccc(S(=O)(=O)Nc3ccc(Br)cc3)cc1)[C@@H]1C=C[C@H]2C1. The molecule has 1 N–H and O–H groups in total. The Kier molecular flexibility index (Phi) is 4.18. The van der Waals surface area contributed by atoms with Gasteiger partial charge in [0.15, 0.2) is 0 Å². The van der Waals surface area contributed by atoms with Crippen LogP contribution in [-0.2, 0) is 19.6 Å². The molecule has 8 heteroatoms. The molecule has 2 amide bonds. The van der Waals surface area contributed by atoms with Gasteiger partial charge in [-0.05, 0) is 66.8 Å². The summed E-state index contributed by atoms with van der Waals surface area (Å²) in [4.78, 5) is 27.0. The maximum absolute atomic E-state index is 12.9. The molecule has 0 unspecified atom stereocenters. The summed E-state index contributed by atoms with van der Waals surface area (Å²) < 4.78 is 28.6. The number of sulfonamides is 1. The summed E-state index contributed by atoms with van der Waals surface area (Å²) >= 11 is 3.31. The van der Waals surface area contributed by atoms with Gasteiger partial charge in [0.05, 0.1) is 22.4 Å². The van der Waals surface area contributed by atoms with Crippen LogP contribution in [0.4, 0.5) is 11.4 Å². The summed E-state index contributed by atoms with van der Waals surface area (Å²) in [5.41, 5.74) is 0.856. The molecule has 2 aromatic carbocycles. The Bertz CT molecular complexity index is 1110. The fourth-order valence-electron chi connectivity index (χ4n) is 4.66. The van der Waals surface area contributed by atoms with Crippen molar-refractivity contribution in [1.29, 1.82) is 0 Å². The predicted molar refractivity (Wildman–Crippen MR) is 112 cm³/mol. The van der Waals surface area contributed by atoms with Gasteiger partial charge in [-0.3, -0.25) is 19.2 Å². The summed E-state index contributed by atoms with van der Waals surface area (Å²) in [7, 11) is -3.78. The Balaban J connectivity index is 1.39. The van der Waals surface area contributed by atoms with Crippen molar-refractivity contribution in [3.63, 3.8) is 0 Å². The fraction of sp³-hybridized carbons (Fsp3) is 0.238. The molecule has 1 saturated heterocycles. The second-order valence-electron chi connectivity index (χ2n) is 7.62. The van der Waals surface area contributed by atoms with Crippen molar-refractivity contribution in [3.05, 3.63) is 65.2 Å². The predicted octanol–water partition coefficient (Wildman–Crippen LogP) is 3.56. The zero-order chi connectivity index (χ0) is 20.3. The van der Waals surface area contributed by atoms with E-state index in [1.807, 2.05) is 12.2 Å². The summed E-state index contributed by atoms with van der Waals surface area (Å²) in [6.45, 7) is 0. The third kappa shape index (κ3) is 2.93. The van der Waals surface area contributed by atoms with Crippen molar-refractivity contribution in [2.75, 3.05) is 9.62 Å². The lowest BCUT2D eigenvalue weighted by atomic mass is 9.85. The van der Waals surface area contributed by atoms with Crippen LogP contribution in [0.15, 0.2) is 70.1 Å². The number of nitrogens with zero attached hydrogens (tertiary/aromatic N) is 1. The molecule has 2 fully saturated rings. The lowest BCUT2D eigenvalue weighted by Crippen LogP contribution is -2.32. The number of allylic oxidation sites excluding steroid dienone is 2. The molecule has 2 aromatic rings. The van der Waals surface area contributed by atoms with Gasteiger partial charge >= 0.3 is 0 Å². The topological polar surface area (TPSA) is 83.6 Å².